The first-order chi connectivity index (χ1) is 44.6. The van der Waals surface area contributed by atoms with Gasteiger partial charge in [-0.2, -0.15) is 0 Å². The highest BCUT2D eigenvalue weighted by molar-refractivity contribution is 6.22. The van der Waals surface area contributed by atoms with Crippen LogP contribution < -0.4 is 10.6 Å². The van der Waals surface area contributed by atoms with Gasteiger partial charge in [0.1, 0.15) is 0 Å². The number of para-hydroxylation sites is 2. The predicted octanol–water partition coefficient (Wildman–Crippen LogP) is 22.8. The van der Waals surface area contributed by atoms with Gasteiger partial charge in [-0.05, 0) is 222 Å². The SMILES string of the molecule is c1ccc(-c2ccc3c(c2)C2(c4ccccc4-3)c3ccccc3-c3c2cc2c4c(cc(-c5cc(-c6ccccc6)cc6c5-c5ccc(-c7ccccc7)cc5C65c6ccccc6-c6c5cc5c7c(cccc67)Nc6ccccc6-5)cc34)Nc3ccccc3-2)cc1. The van der Waals surface area contributed by atoms with Gasteiger partial charge in [-0.3, -0.25) is 0 Å². The first-order valence-electron chi connectivity index (χ1n) is 31.6. The van der Waals surface area contributed by atoms with Crippen LogP contribution in [0.2, 0.25) is 0 Å². The molecule has 0 aromatic heterocycles. The van der Waals surface area contributed by atoms with Crippen molar-refractivity contribution in [3.63, 3.8) is 0 Å². The zero-order valence-corrected chi connectivity index (χ0v) is 48.9. The molecule has 0 bridgehead atoms. The van der Waals surface area contributed by atoms with Crippen LogP contribution in [0.5, 0.6) is 0 Å². The summed E-state index contributed by atoms with van der Waals surface area (Å²) >= 11 is 0. The standard InChI is InChI=1S/C88H52N2/c1-4-21-51(22-5-1)54-39-41-59-58-27-10-15-33-70(58)87(73(59)45-54)71-34-16-12-31-63(71)84-69-44-57(48-81-86(69)68(50-77(84)87)61-29-14-19-37-79(61)90-81)66-43-56(53-25-8-3-9-26-53)47-75-83(66)64-42-40-55(52-23-6-2-7-24-52)46-74(64)88(75)72-35-17-11-30-62(72)82-65-32-20-38-80-85(65)67(49-76(82)88)60-28-13-18-36-78(60)89-80/h1-50,89-90H. The van der Waals surface area contributed by atoms with Gasteiger partial charge in [0.15, 0.2) is 0 Å². The molecule has 4 aliphatic carbocycles. The molecule has 0 amide bonds. The Balaban J connectivity index is 0.911. The monoisotopic (exact) mass is 1140 g/mol. The third-order valence-electron chi connectivity index (χ3n) is 21.3. The van der Waals surface area contributed by atoms with Gasteiger partial charge in [0.2, 0.25) is 0 Å². The summed E-state index contributed by atoms with van der Waals surface area (Å²) in [5, 5.41) is 13.0. The van der Waals surface area contributed by atoms with E-state index in [0.29, 0.717) is 0 Å². The van der Waals surface area contributed by atoms with Crippen molar-refractivity contribution < 1.29 is 0 Å². The lowest BCUT2D eigenvalue weighted by atomic mass is 9.68. The van der Waals surface area contributed by atoms with Gasteiger partial charge in [-0.15, -0.1) is 0 Å². The van der Waals surface area contributed by atoms with E-state index in [4.69, 9.17) is 0 Å². The second-order valence-corrected chi connectivity index (χ2v) is 25.4. The molecule has 0 saturated carbocycles. The van der Waals surface area contributed by atoms with Gasteiger partial charge in [-0.1, -0.05) is 237 Å². The van der Waals surface area contributed by atoms with E-state index in [2.05, 4.69) is 314 Å². The zero-order chi connectivity index (χ0) is 58.6. The van der Waals surface area contributed by atoms with Gasteiger partial charge < -0.3 is 10.6 Å². The summed E-state index contributed by atoms with van der Waals surface area (Å²) in [7, 11) is 0. The summed E-state index contributed by atoms with van der Waals surface area (Å²) in [5.41, 5.74) is 38.7. The quantitative estimate of drug-likeness (QED) is 0.184. The number of rotatable bonds is 4. The lowest BCUT2D eigenvalue weighted by molar-refractivity contribution is 0.795. The number of anilines is 4. The smallest absolute Gasteiger partial charge is 0.0726 e. The van der Waals surface area contributed by atoms with E-state index in [0.717, 1.165) is 22.7 Å². The van der Waals surface area contributed by atoms with Crippen LogP contribution in [0.4, 0.5) is 22.7 Å². The Bertz CT molecular complexity index is 5720. The van der Waals surface area contributed by atoms with Crippen molar-refractivity contribution in [3.05, 3.63) is 348 Å². The van der Waals surface area contributed by atoms with Gasteiger partial charge in [0.25, 0.3) is 0 Å². The molecular formula is C88H52N2. The molecule has 2 heteroatoms. The Kier molecular flexibility index (Phi) is 9.47. The van der Waals surface area contributed by atoms with Gasteiger partial charge in [-0.25, -0.2) is 0 Å². The largest absolute Gasteiger partial charge is 0.354 e. The van der Waals surface area contributed by atoms with Crippen molar-refractivity contribution in [2.24, 2.45) is 0 Å². The topological polar surface area (TPSA) is 24.1 Å². The van der Waals surface area contributed by atoms with Crippen LogP contribution >= 0.6 is 0 Å². The maximum atomic E-state index is 4.12. The molecule has 2 unspecified atom stereocenters. The molecule has 2 aliphatic heterocycles. The summed E-state index contributed by atoms with van der Waals surface area (Å²) in [5.74, 6) is 0. The normalized spacial score (nSPS) is 16.3. The van der Waals surface area contributed by atoms with Crippen LogP contribution in [-0.2, 0) is 10.8 Å². The van der Waals surface area contributed by atoms with Gasteiger partial charge in [0, 0.05) is 44.6 Å². The highest BCUT2D eigenvalue weighted by Gasteiger charge is 2.55. The Hall–Kier alpha value is -11.6. The van der Waals surface area contributed by atoms with Crippen molar-refractivity contribution >= 4 is 44.3 Å². The van der Waals surface area contributed by atoms with E-state index in [9.17, 15) is 0 Å². The lowest BCUT2D eigenvalue weighted by Gasteiger charge is -2.33. The van der Waals surface area contributed by atoms with Crippen molar-refractivity contribution in [3.8, 4) is 111 Å². The molecule has 90 heavy (non-hydrogen) atoms. The number of nitrogens with one attached hydrogen (secondary N) is 2. The second kappa shape index (κ2) is 17.6. The molecule has 2 nitrogen and oxygen atoms in total. The average Bonchev–Trinajstić information content (AvgIpc) is 1.50. The minimum absolute atomic E-state index is 0.594. The summed E-state index contributed by atoms with van der Waals surface area (Å²) in [4.78, 5) is 0. The summed E-state index contributed by atoms with van der Waals surface area (Å²) in [6.07, 6.45) is 0. The molecule has 0 radical (unpaired) electrons. The van der Waals surface area contributed by atoms with E-state index in [-0.39, 0.29) is 0 Å². The summed E-state index contributed by atoms with van der Waals surface area (Å²) in [6.45, 7) is 0. The third kappa shape index (κ3) is 6.08. The molecule has 15 aromatic rings. The second-order valence-electron chi connectivity index (χ2n) is 25.4. The highest BCUT2D eigenvalue weighted by Crippen LogP contribution is 2.69. The summed E-state index contributed by atoms with van der Waals surface area (Å²) in [6, 6.07) is 116. The minimum atomic E-state index is -0.717. The number of benzene rings is 15. The maximum Gasteiger partial charge on any atom is 0.0726 e. The van der Waals surface area contributed by atoms with Crippen LogP contribution in [0.25, 0.3) is 133 Å². The molecule has 0 saturated heterocycles. The first kappa shape index (κ1) is 48.5. The molecule has 2 spiro atoms. The summed E-state index contributed by atoms with van der Waals surface area (Å²) < 4.78 is 0. The predicted molar refractivity (Wildman–Crippen MR) is 373 cm³/mol. The van der Waals surface area contributed by atoms with Crippen molar-refractivity contribution in [2.45, 2.75) is 10.8 Å². The molecule has 21 rings (SSSR count). The van der Waals surface area contributed by atoms with Crippen LogP contribution in [0.15, 0.2) is 303 Å². The fourth-order valence-corrected chi connectivity index (χ4v) is 17.8. The van der Waals surface area contributed by atoms with E-state index in [1.165, 1.54) is 177 Å². The van der Waals surface area contributed by atoms with Crippen LogP contribution in [-0.4, -0.2) is 0 Å². The molecule has 2 N–H and O–H groups in total. The van der Waals surface area contributed by atoms with Gasteiger partial charge >= 0.3 is 0 Å². The van der Waals surface area contributed by atoms with Crippen LogP contribution in [0.1, 0.15) is 44.5 Å². The van der Waals surface area contributed by atoms with Crippen molar-refractivity contribution in [1.82, 2.24) is 0 Å². The first-order valence-corrected chi connectivity index (χ1v) is 31.6. The molecule has 2 atom stereocenters. The van der Waals surface area contributed by atoms with Crippen molar-refractivity contribution in [2.75, 3.05) is 10.6 Å². The highest BCUT2D eigenvalue weighted by atomic mass is 14.9. The minimum Gasteiger partial charge on any atom is -0.354 e. The zero-order valence-electron chi connectivity index (χ0n) is 48.9. The molecule has 0 fully saturated rings. The lowest BCUT2D eigenvalue weighted by Crippen LogP contribution is -2.26. The Labute approximate surface area is 521 Å². The van der Waals surface area contributed by atoms with Crippen LogP contribution in [0.3, 0.4) is 0 Å². The maximum absolute atomic E-state index is 4.12. The van der Waals surface area contributed by atoms with E-state index < -0.39 is 10.8 Å². The number of hydrogen-bond acceptors (Lipinski definition) is 2. The molecule has 414 valence electrons. The average molecular weight is 1140 g/mol. The van der Waals surface area contributed by atoms with E-state index >= 15 is 0 Å². The third-order valence-corrected chi connectivity index (χ3v) is 21.3. The molecule has 6 aliphatic rings. The Morgan fingerprint density at radius 1 is 0.178 bits per heavy atom. The van der Waals surface area contributed by atoms with E-state index in [1.54, 1.807) is 0 Å². The Morgan fingerprint density at radius 3 is 1.20 bits per heavy atom. The fourth-order valence-electron chi connectivity index (χ4n) is 17.8. The van der Waals surface area contributed by atoms with Crippen molar-refractivity contribution in [1.29, 1.82) is 0 Å². The number of fused-ring (bicyclic) bond motifs is 26. The van der Waals surface area contributed by atoms with Gasteiger partial charge in [0.05, 0.1) is 10.8 Å². The molecular weight excluding hydrogens is 1080 g/mol. The molecule has 15 aromatic carbocycles. The van der Waals surface area contributed by atoms with E-state index in [1.807, 2.05) is 0 Å². The fraction of sp³-hybridized carbons (Fsp3) is 0.0227. The molecule has 2 heterocycles. The Morgan fingerprint density at radius 2 is 0.589 bits per heavy atom. The number of hydrogen-bond donors (Lipinski definition) is 2. The van der Waals surface area contributed by atoms with Crippen LogP contribution in [0, 0.1) is 0 Å².